The zero-order valence-electron chi connectivity index (χ0n) is 12.5. The average molecular weight is 287 g/mol. The Morgan fingerprint density at radius 1 is 1.28 bits per heavy atom. The molecule has 0 aromatic carbocycles. The summed E-state index contributed by atoms with van der Waals surface area (Å²) >= 11 is 0. The topological polar surface area (TPSA) is 36.3 Å². The lowest BCUT2D eigenvalue weighted by Gasteiger charge is -2.26. The predicted octanol–water partition coefficient (Wildman–Crippen LogP) is 3.21. The maximum Gasteiger partial charge on any atom is 0.335 e. The van der Waals surface area contributed by atoms with Crippen molar-refractivity contribution in [1.82, 2.24) is 9.22 Å². The first-order chi connectivity index (χ1) is 8.32. The third-order valence-corrected chi connectivity index (χ3v) is 7.96. The summed E-state index contributed by atoms with van der Waals surface area (Å²) in [6.45, 7) is 11.8. The van der Waals surface area contributed by atoms with Crippen LogP contribution in [-0.2, 0) is 15.5 Å². The van der Waals surface area contributed by atoms with Gasteiger partial charge in [0, 0.05) is 19.5 Å². The molecule has 0 saturated carbocycles. The molecule has 0 aliphatic heterocycles. The van der Waals surface area contributed by atoms with Gasteiger partial charge in [-0.05, 0) is 12.6 Å². The first kappa shape index (κ1) is 15.6. The van der Waals surface area contributed by atoms with Gasteiger partial charge in [-0.25, -0.2) is 4.98 Å². The minimum Gasteiger partial charge on any atom is -0.398 e. The van der Waals surface area contributed by atoms with Crippen LogP contribution in [0.2, 0.25) is 32.2 Å². The second-order valence-electron chi connectivity index (χ2n) is 5.76. The molecule has 0 bridgehead atoms. The Bertz CT molecular complexity index is 376. The van der Waals surface area contributed by atoms with Crippen LogP contribution in [-0.4, -0.2) is 33.1 Å². The number of rotatable bonds is 7. The Labute approximate surface area is 113 Å². The second kappa shape index (κ2) is 6.14. The van der Waals surface area contributed by atoms with Crippen LogP contribution in [0.25, 0.3) is 0 Å². The number of aromatic nitrogens is 2. The molecular weight excluding hydrogens is 260 g/mol. The van der Waals surface area contributed by atoms with Crippen molar-refractivity contribution in [2.75, 3.05) is 7.11 Å². The molecule has 1 aromatic heterocycles. The van der Waals surface area contributed by atoms with Gasteiger partial charge in [0.2, 0.25) is 0 Å². The van der Waals surface area contributed by atoms with Gasteiger partial charge < -0.3 is 13.1 Å². The molecule has 104 valence electrons. The molecule has 1 atom stereocenters. The highest BCUT2D eigenvalue weighted by Gasteiger charge is 2.30. The Hall–Kier alpha value is -0.436. The standard InChI is InChI=1S/C12H26N2O2Si2/c1-7-10-18(6,15-2)16-11-12-13-8-9-14(12)17(3,4)5/h8-9H,7,10-11H2,1-6H3. The number of imidazole rings is 1. The van der Waals surface area contributed by atoms with Gasteiger partial charge in [0.05, 0.1) is 6.61 Å². The quantitative estimate of drug-likeness (QED) is 0.722. The second-order valence-corrected chi connectivity index (χ2v) is 14.0. The molecule has 0 aliphatic rings. The van der Waals surface area contributed by atoms with Crippen molar-refractivity contribution in [2.24, 2.45) is 0 Å². The highest BCUT2D eigenvalue weighted by molar-refractivity contribution is 6.74. The van der Waals surface area contributed by atoms with E-state index in [1.165, 1.54) is 0 Å². The molecular formula is C12H26N2O2Si2. The molecule has 0 radical (unpaired) electrons. The maximum atomic E-state index is 6.05. The van der Waals surface area contributed by atoms with Crippen LogP contribution in [0, 0.1) is 0 Å². The summed E-state index contributed by atoms with van der Waals surface area (Å²) in [5.41, 5.74) is 0. The van der Waals surface area contributed by atoms with Crippen LogP contribution in [0.4, 0.5) is 0 Å². The summed E-state index contributed by atoms with van der Waals surface area (Å²) in [4.78, 5) is 4.42. The van der Waals surface area contributed by atoms with Crippen molar-refractivity contribution in [3.05, 3.63) is 18.2 Å². The molecule has 1 rings (SSSR count). The lowest BCUT2D eigenvalue weighted by Crippen LogP contribution is -2.38. The van der Waals surface area contributed by atoms with E-state index >= 15 is 0 Å². The molecule has 1 unspecified atom stereocenters. The van der Waals surface area contributed by atoms with Crippen molar-refractivity contribution < 1.29 is 8.85 Å². The van der Waals surface area contributed by atoms with E-state index in [0.29, 0.717) is 6.61 Å². The maximum absolute atomic E-state index is 6.05. The van der Waals surface area contributed by atoms with E-state index in [4.69, 9.17) is 8.85 Å². The number of nitrogens with zero attached hydrogens (tertiary/aromatic N) is 2. The van der Waals surface area contributed by atoms with Gasteiger partial charge in [0.25, 0.3) is 0 Å². The summed E-state index contributed by atoms with van der Waals surface area (Å²) in [7, 11) is -1.64. The Morgan fingerprint density at radius 2 is 1.94 bits per heavy atom. The van der Waals surface area contributed by atoms with Gasteiger partial charge >= 0.3 is 8.56 Å². The molecule has 0 saturated heterocycles. The van der Waals surface area contributed by atoms with E-state index in [0.717, 1.165) is 18.3 Å². The predicted molar refractivity (Wildman–Crippen MR) is 79.5 cm³/mol. The van der Waals surface area contributed by atoms with E-state index in [-0.39, 0.29) is 0 Å². The fourth-order valence-corrected chi connectivity index (χ4v) is 5.18. The smallest absolute Gasteiger partial charge is 0.335 e. The summed E-state index contributed by atoms with van der Waals surface area (Å²) in [5, 5.41) is 0. The summed E-state index contributed by atoms with van der Waals surface area (Å²) in [6, 6.07) is 1.02. The van der Waals surface area contributed by atoms with Crippen LogP contribution < -0.4 is 0 Å². The van der Waals surface area contributed by atoms with E-state index in [1.54, 1.807) is 7.11 Å². The van der Waals surface area contributed by atoms with Crippen molar-refractivity contribution in [3.63, 3.8) is 0 Å². The Morgan fingerprint density at radius 3 is 2.44 bits per heavy atom. The first-order valence-corrected chi connectivity index (χ1v) is 12.5. The monoisotopic (exact) mass is 286 g/mol. The van der Waals surface area contributed by atoms with E-state index in [2.05, 4.69) is 48.5 Å². The Balaban J connectivity index is 2.72. The van der Waals surface area contributed by atoms with Crippen LogP contribution in [0.5, 0.6) is 0 Å². The minimum atomic E-state index is -2.00. The summed E-state index contributed by atoms with van der Waals surface area (Å²) in [5.74, 6) is 1.03. The third kappa shape index (κ3) is 4.05. The highest BCUT2D eigenvalue weighted by atomic mass is 28.4. The average Bonchev–Trinajstić information content (AvgIpc) is 2.75. The largest absolute Gasteiger partial charge is 0.398 e. The lowest BCUT2D eigenvalue weighted by molar-refractivity contribution is 0.189. The molecule has 0 spiro atoms. The third-order valence-electron chi connectivity index (χ3n) is 3.08. The van der Waals surface area contributed by atoms with Crippen LogP contribution in [0.1, 0.15) is 19.2 Å². The SMILES string of the molecule is CCC[Si](C)(OC)OCc1nccn1[Si](C)(C)C. The van der Waals surface area contributed by atoms with Crippen LogP contribution in [0.3, 0.4) is 0 Å². The normalized spacial score (nSPS) is 15.7. The van der Waals surface area contributed by atoms with Crippen LogP contribution >= 0.6 is 0 Å². The molecule has 1 aromatic rings. The van der Waals surface area contributed by atoms with Gasteiger partial charge in [0.15, 0.2) is 8.24 Å². The molecule has 18 heavy (non-hydrogen) atoms. The zero-order chi connectivity index (χ0) is 13.8. The van der Waals surface area contributed by atoms with Gasteiger partial charge in [-0.15, -0.1) is 0 Å². The minimum absolute atomic E-state index is 0.563. The fourth-order valence-electron chi connectivity index (χ4n) is 1.96. The first-order valence-electron chi connectivity index (χ1n) is 6.54. The van der Waals surface area contributed by atoms with Crippen molar-refractivity contribution in [1.29, 1.82) is 0 Å². The molecule has 6 heteroatoms. The van der Waals surface area contributed by atoms with E-state index in [9.17, 15) is 0 Å². The van der Waals surface area contributed by atoms with Crippen LogP contribution in [0.15, 0.2) is 12.4 Å². The summed E-state index contributed by atoms with van der Waals surface area (Å²) in [6.07, 6.45) is 5.03. The molecule has 0 N–H and O–H groups in total. The zero-order valence-corrected chi connectivity index (χ0v) is 14.5. The lowest BCUT2D eigenvalue weighted by atomic mass is 10.6. The van der Waals surface area contributed by atoms with Crippen molar-refractivity contribution >= 4 is 16.8 Å². The van der Waals surface area contributed by atoms with E-state index < -0.39 is 16.8 Å². The number of hydrogen-bond acceptors (Lipinski definition) is 3. The molecule has 0 aliphatic carbocycles. The number of hydrogen-bond donors (Lipinski definition) is 0. The molecule has 4 nitrogen and oxygen atoms in total. The van der Waals surface area contributed by atoms with Gasteiger partial charge in [-0.1, -0.05) is 33.0 Å². The Kier molecular flexibility index (Phi) is 5.33. The van der Waals surface area contributed by atoms with E-state index in [1.807, 2.05) is 6.20 Å². The highest BCUT2D eigenvalue weighted by Crippen LogP contribution is 2.18. The molecule has 0 amide bonds. The van der Waals surface area contributed by atoms with Crippen molar-refractivity contribution in [2.45, 2.75) is 52.2 Å². The summed E-state index contributed by atoms with van der Waals surface area (Å²) < 4.78 is 13.9. The van der Waals surface area contributed by atoms with Gasteiger partial charge in [0.1, 0.15) is 5.82 Å². The van der Waals surface area contributed by atoms with Gasteiger partial charge in [-0.3, -0.25) is 0 Å². The van der Waals surface area contributed by atoms with Gasteiger partial charge in [-0.2, -0.15) is 0 Å². The fraction of sp³-hybridized carbons (Fsp3) is 0.750. The molecule has 0 fully saturated rings. The van der Waals surface area contributed by atoms with Crippen molar-refractivity contribution in [3.8, 4) is 0 Å². The molecule has 1 heterocycles.